The van der Waals surface area contributed by atoms with E-state index in [1.54, 1.807) is 0 Å². The molecule has 3 aromatic rings. The van der Waals surface area contributed by atoms with Gasteiger partial charge in [-0.3, -0.25) is 10.1 Å². The highest BCUT2D eigenvalue weighted by atomic mass is 35.5. The fourth-order valence-electron chi connectivity index (χ4n) is 3.45. The third kappa shape index (κ3) is 5.05. The summed E-state index contributed by atoms with van der Waals surface area (Å²) in [6, 6.07) is 6.00. The number of aryl methyl sites for hydroxylation is 2. The van der Waals surface area contributed by atoms with Gasteiger partial charge in [0.2, 0.25) is 10.0 Å². The molecular formula is C21H22ClN3O5S2. The Morgan fingerprint density at radius 2 is 2.12 bits per heavy atom. The largest absolute Gasteiger partial charge is 0.466 e. The summed E-state index contributed by atoms with van der Waals surface area (Å²) in [5, 5.41) is 4.95. The number of anilines is 1. The number of furan rings is 1. The number of amides is 1. The molecule has 2 N–H and O–H groups in total. The summed E-state index contributed by atoms with van der Waals surface area (Å²) in [5.41, 5.74) is 1.70. The van der Waals surface area contributed by atoms with E-state index in [4.69, 9.17) is 20.8 Å². The quantitative estimate of drug-likeness (QED) is 0.503. The number of aromatic nitrogens is 1. The maximum absolute atomic E-state index is 12.7. The van der Waals surface area contributed by atoms with Crippen molar-refractivity contribution in [3.05, 3.63) is 51.8 Å². The van der Waals surface area contributed by atoms with Crippen molar-refractivity contribution in [1.29, 1.82) is 0 Å². The first-order valence-electron chi connectivity index (χ1n) is 9.98. The van der Waals surface area contributed by atoms with E-state index >= 15 is 0 Å². The van der Waals surface area contributed by atoms with Gasteiger partial charge >= 0.3 is 0 Å². The lowest BCUT2D eigenvalue weighted by Gasteiger charge is -2.13. The Balaban J connectivity index is 1.49. The van der Waals surface area contributed by atoms with Crippen LogP contribution >= 0.6 is 22.9 Å². The molecule has 1 atom stereocenters. The summed E-state index contributed by atoms with van der Waals surface area (Å²) in [6.07, 6.45) is 1.55. The summed E-state index contributed by atoms with van der Waals surface area (Å²) in [7, 11) is -3.91. The number of carbonyl (C=O) groups excluding carboxylic acids is 1. The Kier molecular flexibility index (Phi) is 6.68. The van der Waals surface area contributed by atoms with E-state index in [1.807, 2.05) is 25.3 Å². The zero-order chi connectivity index (χ0) is 22.9. The molecule has 1 unspecified atom stereocenters. The van der Waals surface area contributed by atoms with Crippen molar-refractivity contribution in [2.45, 2.75) is 37.7 Å². The molecule has 0 bridgehead atoms. The minimum absolute atomic E-state index is 0.0312. The number of sulfonamides is 1. The van der Waals surface area contributed by atoms with Gasteiger partial charge in [0.25, 0.3) is 5.91 Å². The molecule has 11 heteroatoms. The van der Waals surface area contributed by atoms with Crippen LogP contribution < -0.4 is 10.0 Å². The molecule has 1 aromatic carbocycles. The third-order valence-corrected chi connectivity index (χ3v) is 7.71. The van der Waals surface area contributed by atoms with Crippen LogP contribution in [0.3, 0.4) is 0 Å². The smallest absolute Gasteiger partial charge is 0.257 e. The number of benzene rings is 1. The molecule has 2 aromatic heterocycles. The lowest BCUT2D eigenvalue weighted by atomic mass is 10.2. The van der Waals surface area contributed by atoms with E-state index in [0.29, 0.717) is 17.4 Å². The van der Waals surface area contributed by atoms with E-state index < -0.39 is 15.9 Å². The molecule has 0 radical (unpaired) electrons. The van der Waals surface area contributed by atoms with Gasteiger partial charge in [-0.05, 0) is 51.0 Å². The van der Waals surface area contributed by atoms with Gasteiger partial charge in [0, 0.05) is 29.7 Å². The van der Waals surface area contributed by atoms with E-state index in [9.17, 15) is 13.2 Å². The normalized spacial score (nSPS) is 16.4. The Labute approximate surface area is 195 Å². The molecule has 1 aliphatic rings. The lowest BCUT2D eigenvalue weighted by Crippen LogP contribution is -2.32. The van der Waals surface area contributed by atoms with Crippen molar-refractivity contribution in [3.8, 4) is 11.3 Å². The molecule has 3 heterocycles. The second kappa shape index (κ2) is 9.32. The average Bonchev–Trinajstić information content (AvgIpc) is 3.48. The monoisotopic (exact) mass is 495 g/mol. The van der Waals surface area contributed by atoms with Crippen LogP contribution in [0.5, 0.6) is 0 Å². The van der Waals surface area contributed by atoms with Crippen LogP contribution in [0.2, 0.25) is 5.02 Å². The van der Waals surface area contributed by atoms with Gasteiger partial charge in [0.15, 0.2) is 5.13 Å². The van der Waals surface area contributed by atoms with Crippen molar-refractivity contribution in [1.82, 2.24) is 9.71 Å². The number of hydrogen-bond donors (Lipinski definition) is 2. The topological polar surface area (TPSA) is 111 Å². The second-order valence-corrected chi connectivity index (χ2v) is 10.5. The van der Waals surface area contributed by atoms with Crippen LogP contribution in [-0.2, 0) is 14.8 Å². The van der Waals surface area contributed by atoms with Crippen LogP contribution in [-0.4, -0.2) is 38.6 Å². The zero-order valence-electron chi connectivity index (χ0n) is 17.5. The number of nitrogens with one attached hydrogen (secondary N) is 2. The van der Waals surface area contributed by atoms with Gasteiger partial charge in [0.05, 0.1) is 16.8 Å². The van der Waals surface area contributed by atoms with Crippen LogP contribution in [0.15, 0.2) is 39.0 Å². The molecule has 0 spiro atoms. The van der Waals surface area contributed by atoms with Crippen molar-refractivity contribution < 1.29 is 22.4 Å². The predicted octanol–water partition coefficient (Wildman–Crippen LogP) is 4.38. The highest BCUT2D eigenvalue weighted by Gasteiger charge is 2.24. The molecule has 4 rings (SSSR count). The zero-order valence-corrected chi connectivity index (χ0v) is 19.9. The Morgan fingerprint density at radius 3 is 2.81 bits per heavy atom. The number of ether oxygens (including phenoxy) is 1. The van der Waals surface area contributed by atoms with Crippen molar-refractivity contribution in [2.24, 2.45) is 0 Å². The van der Waals surface area contributed by atoms with E-state index in [-0.39, 0.29) is 28.1 Å². The summed E-state index contributed by atoms with van der Waals surface area (Å²) < 4.78 is 39.0. The van der Waals surface area contributed by atoms with Crippen LogP contribution in [0, 0.1) is 13.8 Å². The highest BCUT2D eigenvalue weighted by molar-refractivity contribution is 7.89. The summed E-state index contributed by atoms with van der Waals surface area (Å²) in [6.45, 7) is 4.49. The highest BCUT2D eigenvalue weighted by Crippen LogP contribution is 2.30. The maximum atomic E-state index is 12.7. The van der Waals surface area contributed by atoms with Crippen molar-refractivity contribution in [3.63, 3.8) is 0 Å². The fourth-order valence-corrected chi connectivity index (χ4v) is 5.74. The van der Waals surface area contributed by atoms with E-state index in [1.165, 1.54) is 29.5 Å². The first-order chi connectivity index (χ1) is 15.2. The second-order valence-electron chi connectivity index (χ2n) is 7.45. The summed E-state index contributed by atoms with van der Waals surface area (Å²) in [5.74, 6) is 1.03. The molecule has 0 aliphatic carbocycles. The number of halogens is 1. The third-order valence-electron chi connectivity index (χ3n) is 5.05. The molecule has 1 aliphatic heterocycles. The van der Waals surface area contributed by atoms with Gasteiger partial charge in [0.1, 0.15) is 16.4 Å². The lowest BCUT2D eigenvalue weighted by molar-refractivity contribution is 0.102. The van der Waals surface area contributed by atoms with E-state index in [2.05, 4.69) is 15.0 Å². The number of thiazole rings is 1. The first kappa shape index (κ1) is 22.9. The molecule has 0 saturated carbocycles. The first-order valence-corrected chi connectivity index (χ1v) is 12.7. The molecule has 1 saturated heterocycles. The van der Waals surface area contributed by atoms with Gasteiger partial charge in [-0.25, -0.2) is 18.1 Å². The van der Waals surface area contributed by atoms with Gasteiger partial charge in [-0.2, -0.15) is 0 Å². The standard InChI is InChI=1S/C21H22ClN3O5S2/c1-12-8-16(13(2)30-12)18-11-31-21(24-18)25-20(26)14-5-6-17(22)19(9-14)32(27,28)23-10-15-4-3-7-29-15/h5-6,8-9,11,15,23H,3-4,7,10H2,1-2H3,(H,24,25,26). The van der Waals surface area contributed by atoms with Gasteiger partial charge in [-0.1, -0.05) is 11.6 Å². The Hall–Kier alpha value is -2.24. The predicted molar refractivity (Wildman–Crippen MR) is 123 cm³/mol. The Morgan fingerprint density at radius 1 is 1.31 bits per heavy atom. The number of rotatable bonds is 7. The summed E-state index contributed by atoms with van der Waals surface area (Å²) in [4.78, 5) is 17.0. The van der Waals surface area contributed by atoms with E-state index in [0.717, 1.165) is 29.9 Å². The average molecular weight is 496 g/mol. The molecule has 170 valence electrons. The van der Waals surface area contributed by atoms with Gasteiger partial charge < -0.3 is 9.15 Å². The van der Waals surface area contributed by atoms with Gasteiger partial charge in [-0.15, -0.1) is 11.3 Å². The molecule has 1 amide bonds. The number of hydrogen-bond acceptors (Lipinski definition) is 7. The Bertz CT molecular complexity index is 1250. The summed E-state index contributed by atoms with van der Waals surface area (Å²) >= 11 is 7.39. The molecule has 1 fully saturated rings. The molecule has 8 nitrogen and oxygen atoms in total. The van der Waals surface area contributed by atoms with Crippen molar-refractivity contribution in [2.75, 3.05) is 18.5 Å². The number of nitrogens with zero attached hydrogens (tertiary/aromatic N) is 1. The minimum atomic E-state index is -3.91. The molecule has 32 heavy (non-hydrogen) atoms. The van der Waals surface area contributed by atoms with Crippen LogP contribution in [0.25, 0.3) is 11.3 Å². The van der Waals surface area contributed by atoms with Crippen molar-refractivity contribution >= 4 is 44.0 Å². The number of carbonyl (C=O) groups is 1. The maximum Gasteiger partial charge on any atom is 0.257 e. The van der Waals surface area contributed by atoms with Crippen LogP contribution in [0.1, 0.15) is 34.7 Å². The fraction of sp³-hybridized carbons (Fsp3) is 0.333. The minimum Gasteiger partial charge on any atom is -0.466 e. The SMILES string of the molecule is Cc1cc(-c2csc(NC(=O)c3ccc(Cl)c(S(=O)(=O)NCC4CCCO4)c3)n2)c(C)o1. The van der Waals surface area contributed by atoms with Crippen LogP contribution in [0.4, 0.5) is 5.13 Å². The molecular weight excluding hydrogens is 474 g/mol.